The van der Waals surface area contributed by atoms with Crippen molar-refractivity contribution in [2.24, 2.45) is 0 Å². The summed E-state index contributed by atoms with van der Waals surface area (Å²) < 4.78 is 0. The average Bonchev–Trinajstić information content (AvgIpc) is 2.93. The molecule has 0 radical (unpaired) electrons. The fraction of sp³-hybridized carbons (Fsp3) is 0.529. The molecule has 0 saturated heterocycles. The highest BCUT2D eigenvalue weighted by atomic mass is 32.1. The van der Waals surface area contributed by atoms with Crippen LogP contribution in [0.4, 0.5) is 0 Å². The molecule has 1 N–H and O–H groups in total. The van der Waals surface area contributed by atoms with Crippen LogP contribution in [0.15, 0.2) is 24.3 Å². The number of hydrogen-bond acceptors (Lipinski definition) is 4. The maximum atomic E-state index is 4.42. The molecule has 0 bridgehead atoms. The molecular formula is C17H25N3S. The lowest BCUT2D eigenvalue weighted by atomic mass is 9.84. The van der Waals surface area contributed by atoms with Crippen molar-refractivity contribution in [2.45, 2.75) is 52.5 Å². The first-order valence-electron chi connectivity index (χ1n) is 7.60. The van der Waals surface area contributed by atoms with Gasteiger partial charge in [-0.05, 0) is 30.9 Å². The molecular weight excluding hydrogens is 278 g/mol. The van der Waals surface area contributed by atoms with Gasteiger partial charge in [0, 0.05) is 5.56 Å². The summed E-state index contributed by atoms with van der Waals surface area (Å²) in [4.78, 5) is 0. The molecule has 0 aliphatic carbocycles. The zero-order chi connectivity index (χ0) is 15.5. The molecule has 2 rings (SSSR count). The van der Waals surface area contributed by atoms with E-state index in [9.17, 15) is 0 Å². The highest BCUT2D eigenvalue weighted by molar-refractivity contribution is 7.14. The molecule has 0 aliphatic heterocycles. The second kappa shape index (κ2) is 6.67. The molecule has 0 aliphatic rings. The quantitative estimate of drug-likeness (QED) is 0.879. The molecule has 0 spiro atoms. The Kier molecular flexibility index (Phi) is 5.12. The number of nitrogens with zero attached hydrogens (tertiary/aromatic N) is 2. The van der Waals surface area contributed by atoms with Crippen molar-refractivity contribution in [2.75, 3.05) is 6.54 Å². The Bertz CT molecular complexity index is 584. The Morgan fingerprint density at radius 1 is 1.19 bits per heavy atom. The van der Waals surface area contributed by atoms with Gasteiger partial charge in [-0.15, -0.1) is 10.2 Å². The van der Waals surface area contributed by atoms with E-state index < -0.39 is 0 Å². The summed E-state index contributed by atoms with van der Waals surface area (Å²) in [5, 5.41) is 14.3. The van der Waals surface area contributed by atoms with Crippen LogP contribution in [0.1, 0.15) is 57.7 Å². The first-order chi connectivity index (χ1) is 9.93. The van der Waals surface area contributed by atoms with Crippen molar-refractivity contribution < 1.29 is 0 Å². The molecule has 0 saturated carbocycles. The largest absolute Gasteiger partial charge is 0.308 e. The maximum absolute atomic E-state index is 4.42. The van der Waals surface area contributed by atoms with Crippen molar-refractivity contribution in [1.29, 1.82) is 0 Å². The van der Waals surface area contributed by atoms with Crippen LogP contribution in [-0.2, 0) is 5.41 Å². The molecule has 114 valence electrons. The van der Waals surface area contributed by atoms with Crippen LogP contribution in [0, 0.1) is 0 Å². The third kappa shape index (κ3) is 3.89. The fourth-order valence-corrected chi connectivity index (χ4v) is 3.20. The molecule has 4 heteroatoms. The zero-order valence-electron chi connectivity index (χ0n) is 13.6. The van der Waals surface area contributed by atoms with Crippen LogP contribution in [-0.4, -0.2) is 16.7 Å². The molecule has 1 heterocycles. The van der Waals surface area contributed by atoms with Crippen molar-refractivity contribution in [3.63, 3.8) is 0 Å². The summed E-state index contributed by atoms with van der Waals surface area (Å²) in [5.41, 5.74) is 2.63. The van der Waals surface area contributed by atoms with Crippen LogP contribution < -0.4 is 5.32 Å². The molecule has 0 amide bonds. The minimum atomic E-state index is 0.106. The van der Waals surface area contributed by atoms with E-state index in [1.165, 1.54) is 11.1 Å². The molecule has 1 unspecified atom stereocenters. The van der Waals surface area contributed by atoms with Gasteiger partial charge in [0.05, 0.1) is 6.04 Å². The molecule has 3 nitrogen and oxygen atoms in total. The van der Waals surface area contributed by atoms with E-state index in [2.05, 4.69) is 74.4 Å². The highest BCUT2D eigenvalue weighted by Crippen LogP contribution is 2.35. The Hall–Kier alpha value is -1.26. The fourth-order valence-electron chi connectivity index (χ4n) is 2.29. The lowest BCUT2D eigenvalue weighted by Gasteiger charge is -2.21. The first kappa shape index (κ1) is 16.1. The van der Waals surface area contributed by atoms with Crippen LogP contribution in [0.5, 0.6) is 0 Å². The van der Waals surface area contributed by atoms with Crippen LogP contribution in [0.2, 0.25) is 0 Å². The summed E-state index contributed by atoms with van der Waals surface area (Å²) in [6.45, 7) is 12.0. The topological polar surface area (TPSA) is 37.8 Å². The van der Waals surface area contributed by atoms with Gasteiger partial charge in [0.1, 0.15) is 10.0 Å². The number of nitrogens with one attached hydrogen (secondary N) is 1. The Labute approximate surface area is 131 Å². The van der Waals surface area contributed by atoms with Gasteiger partial charge < -0.3 is 5.32 Å². The third-order valence-corrected chi connectivity index (χ3v) is 4.62. The van der Waals surface area contributed by atoms with E-state index in [4.69, 9.17) is 0 Å². The van der Waals surface area contributed by atoms with Gasteiger partial charge in [0.25, 0.3) is 0 Å². The Balaban J connectivity index is 2.30. The molecule has 0 fully saturated rings. The van der Waals surface area contributed by atoms with Gasteiger partial charge in [-0.2, -0.15) is 0 Å². The van der Waals surface area contributed by atoms with Crippen LogP contribution >= 0.6 is 11.3 Å². The third-order valence-electron chi connectivity index (χ3n) is 3.48. The minimum absolute atomic E-state index is 0.106. The van der Waals surface area contributed by atoms with Crippen LogP contribution in [0.3, 0.4) is 0 Å². The Morgan fingerprint density at radius 2 is 1.90 bits per heavy atom. The van der Waals surface area contributed by atoms with E-state index in [0.717, 1.165) is 23.0 Å². The van der Waals surface area contributed by atoms with E-state index >= 15 is 0 Å². The summed E-state index contributed by atoms with van der Waals surface area (Å²) >= 11 is 1.69. The van der Waals surface area contributed by atoms with Gasteiger partial charge in [0.15, 0.2) is 0 Å². The smallest absolute Gasteiger partial charge is 0.148 e. The van der Waals surface area contributed by atoms with Crippen molar-refractivity contribution in [3.8, 4) is 10.6 Å². The van der Waals surface area contributed by atoms with E-state index in [1.54, 1.807) is 11.3 Å². The molecule has 2 aromatic rings. The lowest BCUT2D eigenvalue weighted by molar-refractivity contribution is 0.564. The van der Waals surface area contributed by atoms with Gasteiger partial charge >= 0.3 is 0 Å². The number of aromatic nitrogens is 2. The second-order valence-electron chi connectivity index (χ2n) is 6.42. The first-order valence-corrected chi connectivity index (χ1v) is 8.41. The summed E-state index contributed by atoms with van der Waals surface area (Å²) in [5.74, 6) is 0. The van der Waals surface area contributed by atoms with Crippen molar-refractivity contribution in [3.05, 3.63) is 34.8 Å². The maximum Gasteiger partial charge on any atom is 0.148 e. The monoisotopic (exact) mass is 303 g/mol. The summed E-state index contributed by atoms with van der Waals surface area (Å²) in [6.07, 6.45) is 1.13. The number of rotatable bonds is 5. The van der Waals surface area contributed by atoms with E-state index in [1.807, 2.05) is 0 Å². The minimum Gasteiger partial charge on any atom is -0.308 e. The zero-order valence-corrected chi connectivity index (χ0v) is 14.4. The summed E-state index contributed by atoms with van der Waals surface area (Å²) in [7, 11) is 0. The highest BCUT2D eigenvalue weighted by Gasteiger charge is 2.21. The van der Waals surface area contributed by atoms with Crippen molar-refractivity contribution >= 4 is 11.3 Å². The molecule has 1 atom stereocenters. The average molecular weight is 303 g/mol. The SMILES string of the molecule is CCCNC(C)c1nnc(-c2ccccc2C(C)(C)C)s1. The van der Waals surface area contributed by atoms with Gasteiger partial charge in [0.2, 0.25) is 0 Å². The normalized spacial score (nSPS) is 13.4. The second-order valence-corrected chi connectivity index (χ2v) is 7.43. The summed E-state index contributed by atoms with van der Waals surface area (Å²) in [6, 6.07) is 8.77. The predicted molar refractivity (Wildman–Crippen MR) is 90.8 cm³/mol. The van der Waals surface area contributed by atoms with Crippen molar-refractivity contribution in [1.82, 2.24) is 15.5 Å². The Morgan fingerprint density at radius 3 is 2.57 bits per heavy atom. The van der Waals surface area contributed by atoms with E-state index in [-0.39, 0.29) is 11.5 Å². The van der Waals surface area contributed by atoms with Gasteiger partial charge in [-0.25, -0.2) is 0 Å². The predicted octanol–water partition coefficient (Wildman–Crippen LogP) is 4.56. The number of hydrogen-bond donors (Lipinski definition) is 1. The standard InChI is InChI=1S/C17H25N3S/c1-6-11-18-12(2)15-19-20-16(21-15)13-9-7-8-10-14(13)17(3,4)5/h7-10,12,18H,6,11H2,1-5H3. The number of benzene rings is 1. The van der Waals surface area contributed by atoms with Gasteiger partial charge in [-0.1, -0.05) is 63.3 Å². The van der Waals surface area contributed by atoms with Gasteiger partial charge in [-0.3, -0.25) is 0 Å². The molecule has 1 aromatic carbocycles. The molecule has 1 aromatic heterocycles. The molecule has 21 heavy (non-hydrogen) atoms. The van der Waals surface area contributed by atoms with Crippen LogP contribution in [0.25, 0.3) is 10.6 Å². The van der Waals surface area contributed by atoms with E-state index in [0.29, 0.717) is 0 Å². The lowest BCUT2D eigenvalue weighted by Crippen LogP contribution is -2.18.